The molecule has 0 bridgehead atoms. The van der Waals surface area contributed by atoms with Crippen molar-refractivity contribution in [1.29, 1.82) is 0 Å². The minimum atomic E-state index is -0.410. The molecule has 0 aromatic heterocycles. The van der Waals surface area contributed by atoms with E-state index < -0.39 is 5.54 Å². The van der Waals surface area contributed by atoms with Crippen LogP contribution in [-0.4, -0.2) is 6.71 Å². The number of para-hydroxylation sites is 2. The Morgan fingerprint density at radius 2 is 0.855 bits per heavy atom. The molecule has 0 spiro atoms. The molecule has 3 aliphatic heterocycles. The first-order valence-corrected chi connectivity index (χ1v) is 27.8. The predicted molar refractivity (Wildman–Crippen MR) is 325 cm³/mol. The topological polar surface area (TPSA) is 9.72 Å². The molecule has 9 aromatic carbocycles. The maximum absolute atomic E-state index is 2.77. The molecule has 4 aliphatic rings. The summed E-state index contributed by atoms with van der Waals surface area (Å²) in [6.45, 7) is 26.1. The Balaban J connectivity index is 1.20. The molecule has 9 aromatic rings. The Morgan fingerprint density at radius 3 is 1.43 bits per heavy atom. The highest BCUT2D eigenvalue weighted by Crippen LogP contribution is 2.64. The van der Waals surface area contributed by atoms with E-state index in [1.54, 1.807) is 0 Å². The monoisotopic (exact) mass is 988 g/mol. The third-order valence-electron chi connectivity index (χ3n) is 18.2. The smallest absolute Gasteiger partial charge is 0.252 e. The first kappa shape index (κ1) is 48.1. The standard InChI is InChI=1S/C72H70BN3/c1-68(2,3)50-35-38-60(54(42-50)47-24-14-12-15-25-47)74-63-33-23-21-31-58(63)73-59-37-34-52(70(7,8)9)44-64(59)75(61-39-36-51(69(4,5)6)43-55(61)48-26-16-13-17-27-48)66-46-53(45-65(74)67(66)73)76-62-32-22-20-30-57(62)71(10)41-40-49-28-18-19-29-56(49)72(71,76)11/h12-39,42-46H,40-41H2,1-11H3. The molecule has 1 aliphatic carbocycles. The first-order chi connectivity index (χ1) is 36.4. The molecule has 0 amide bonds. The van der Waals surface area contributed by atoms with Gasteiger partial charge in [-0.15, -0.1) is 0 Å². The van der Waals surface area contributed by atoms with Crippen LogP contribution in [0.4, 0.5) is 45.5 Å². The van der Waals surface area contributed by atoms with E-state index in [1.165, 1.54) is 118 Å². The highest BCUT2D eigenvalue weighted by Gasteiger charge is 2.60. The third kappa shape index (κ3) is 7.15. The predicted octanol–water partition coefficient (Wildman–Crippen LogP) is 17.3. The summed E-state index contributed by atoms with van der Waals surface area (Å²) in [5, 5.41) is 0. The Morgan fingerprint density at radius 1 is 0.395 bits per heavy atom. The largest absolute Gasteiger partial charge is 0.330 e. The quantitative estimate of drug-likeness (QED) is 0.159. The Kier molecular flexibility index (Phi) is 10.7. The molecular weight excluding hydrogens is 918 g/mol. The Labute approximate surface area is 453 Å². The second-order valence-corrected chi connectivity index (χ2v) is 25.7. The zero-order valence-electron chi connectivity index (χ0n) is 46.4. The van der Waals surface area contributed by atoms with Crippen molar-refractivity contribution in [2.24, 2.45) is 0 Å². The fourth-order valence-corrected chi connectivity index (χ4v) is 13.8. The summed E-state index contributed by atoms with van der Waals surface area (Å²) in [5.41, 5.74) is 25.9. The minimum Gasteiger partial charge on any atom is -0.330 e. The average Bonchev–Trinajstić information content (AvgIpc) is 3.89. The molecular formula is C72H70BN3. The lowest BCUT2D eigenvalue weighted by atomic mass is 9.33. The summed E-state index contributed by atoms with van der Waals surface area (Å²) in [5.74, 6) is 0. The van der Waals surface area contributed by atoms with Crippen molar-refractivity contribution in [2.75, 3.05) is 14.7 Å². The van der Waals surface area contributed by atoms with E-state index in [0.717, 1.165) is 12.8 Å². The molecule has 0 saturated heterocycles. The number of aryl methyl sites for hydroxylation is 1. The van der Waals surface area contributed by atoms with Gasteiger partial charge >= 0.3 is 0 Å². The van der Waals surface area contributed by atoms with Gasteiger partial charge in [-0.2, -0.15) is 0 Å². The maximum Gasteiger partial charge on any atom is 0.252 e. The van der Waals surface area contributed by atoms with E-state index >= 15 is 0 Å². The van der Waals surface area contributed by atoms with E-state index in [1.807, 2.05) is 0 Å². The fourth-order valence-electron chi connectivity index (χ4n) is 13.8. The van der Waals surface area contributed by atoms with Gasteiger partial charge in [0.25, 0.3) is 6.71 Å². The van der Waals surface area contributed by atoms with Crippen molar-refractivity contribution in [1.82, 2.24) is 0 Å². The van der Waals surface area contributed by atoms with Crippen LogP contribution in [0.2, 0.25) is 0 Å². The molecule has 3 heterocycles. The molecule has 0 saturated carbocycles. The number of rotatable bonds is 5. The summed E-state index contributed by atoms with van der Waals surface area (Å²) in [4.78, 5) is 8.10. The second kappa shape index (κ2) is 17.0. The van der Waals surface area contributed by atoms with E-state index in [0.29, 0.717) is 0 Å². The van der Waals surface area contributed by atoms with Crippen LogP contribution in [0.1, 0.15) is 116 Å². The minimum absolute atomic E-state index is 0.0445. The summed E-state index contributed by atoms with van der Waals surface area (Å²) in [7, 11) is 0. The molecule has 376 valence electrons. The molecule has 2 unspecified atom stereocenters. The Hall–Kier alpha value is -7.56. The highest BCUT2D eigenvalue weighted by molar-refractivity contribution is 7.00. The van der Waals surface area contributed by atoms with Gasteiger partial charge in [-0.3, -0.25) is 0 Å². The summed E-state index contributed by atoms with van der Waals surface area (Å²) in [6, 6.07) is 77.3. The SMILES string of the molecule is CC(C)(C)c1ccc(N2c3ccccc3B3c4ccc(C(C)(C)C)cc4N(c4ccc(C(C)(C)C)cc4-c4ccccc4)c4cc(N5c6ccccc6C6(C)CCc7ccccc7C56C)cc2c43)c(-c2ccccc2)c1. The van der Waals surface area contributed by atoms with Gasteiger partial charge in [-0.05, 0) is 152 Å². The molecule has 76 heavy (non-hydrogen) atoms. The van der Waals surface area contributed by atoms with Crippen molar-refractivity contribution in [2.45, 2.75) is 116 Å². The van der Waals surface area contributed by atoms with Gasteiger partial charge in [-0.1, -0.05) is 215 Å². The second-order valence-electron chi connectivity index (χ2n) is 25.7. The van der Waals surface area contributed by atoms with Crippen LogP contribution >= 0.6 is 0 Å². The van der Waals surface area contributed by atoms with Crippen molar-refractivity contribution < 1.29 is 0 Å². The molecule has 13 rings (SSSR count). The van der Waals surface area contributed by atoms with Crippen LogP contribution in [-0.2, 0) is 33.6 Å². The van der Waals surface area contributed by atoms with Crippen LogP contribution in [0, 0.1) is 0 Å². The van der Waals surface area contributed by atoms with E-state index in [9.17, 15) is 0 Å². The number of hydrogen-bond donors (Lipinski definition) is 0. The molecule has 4 heteroatoms. The van der Waals surface area contributed by atoms with Crippen molar-refractivity contribution in [3.63, 3.8) is 0 Å². The summed E-state index contributed by atoms with van der Waals surface area (Å²) < 4.78 is 0. The zero-order chi connectivity index (χ0) is 52.7. The van der Waals surface area contributed by atoms with Gasteiger partial charge < -0.3 is 14.7 Å². The van der Waals surface area contributed by atoms with Crippen LogP contribution in [0.3, 0.4) is 0 Å². The van der Waals surface area contributed by atoms with Crippen molar-refractivity contribution >= 4 is 68.6 Å². The van der Waals surface area contributed by atoms with Crippen LogP contribution < -0.4 is 31.1 Å². The average molecular weight is 988 g/mol. The van der Waals surface area contributed by atoms with Gasteiger partial charge in [0.2, 0.25) is 0 Å². The van der Waals surface area contributed by atoms with Crippen LogP contribution in [0.15, 0.2) is 200 Å². The van der Waals surface area contributed by atoms with Gasteiger partial charge in [0.1, 0.15) is 0 Å². The Bertz CT molecular complexity index is 3780. The first-order valence-electron chi connectivity index (χ1n) is 27.8. The van der Waals surface area contributed by atoms with Gasteiger partial charge in [0, 0.05) is 50.7 Å². The van der Waals surface area contributed by atoms with Crippen molar-refractivity contribution in [3.05, 3.63) is 234 Å². The van der Waals surface area contributed by atoms with Gasteiger partial charge in [0.05, 0.1) is 16.9 Å². The molecule has 0 N–H and O–H groups in total. The van der Waals surface area contributed by atoms with E-state index in [4.69, 9.17) is 0 Å². The maximum atomic E-state index is 2.77. The number of anilines is 8. The van der Waals surface area contributed by atoms with Crippen LogP contribution in [0.5, 0.6) is 0 Å². The van der Waals surface area contributed by atoms with Gasteiger partial charge in [-0.25, -0.2) is 0 Å². The summed E-state index contributed by atoms with van der Waals surface area (Å²) >= 11 is 0. The molecule has 2 atom stereocenters. The lowest BCUT2D eigenvalue weighted by molar-refractivity contribution is 0.245. The van der Waals surface area contributed by atoms with E-state index in [2.05, 4.69) is 291 Å². The molecule has 0 fully saturated rings. The molecule has 3 nitrogen and oxygen atoms in total. The van der Waals surface area contributed by atoms with E-state index in [-0.39, 0.29) is 28.4 Å². The number of nitrogens with zero attached hydrogens (tertiary/aromatic N) is 3. The number of fused-ring (bicyclic) bond motifs is 9. The number of hydrogen-bond acceptors (Lipinski definition) is 3. The normalized spacial score (nSPS) is 18.4. The van der Waals surface area contributed by atoms with Gasteiger partial charge in [0.15, 0.2) is 0 Å². The lowest BCUT2D eigenvalue weighted by Crippen LogP contribution is -2.61. The number of benzene rings is 9. The van der Waals surface area contributed by atoms with Crippen LogP contribution in [0.25, 0.3) is 22.3 Å². The third-order valence-corrected chi connectivity index (χ3v) is 18.2. The zero-order valence-corrected chi connectivity index (χ0v) is 46.4. The lowest BCUT2D eigenvalue weighted by Gasteiger charge is -2.52. The highest BCUT2D eigenvalue weighted by atomic mass is 15.3. The fraction of sp³-hybridized carbons (Fsp3) is 0.250. The van der Waals surface area contributed by atoms with Crippen molar-refractivity contribution in [3.8, 4) is 22.3 Å². The summed E-state index contributed by atoms with van der Waals surface area (Å²) in [6.07, 6.45) is 2.11. The molecule has 0 radical (unpaired) electrons.